The molecule has 0 aliphatic heterocycles. The summed E-state index contributed by atoms with van der Waals surface area (Å²) >= 11 is 5.53. The van der Waals surface area contributed by atoms with Crippen molar-refractivity contribution in [1.82, 2.24) is 5.32 Å². The van der Waals surface area contributed by atoms with Gasteiger partial charge in [0.05, 0.1) is 11.7 Å². The summed E-state index contributed by atoms with van der Waals surface area (Å²) in [4.78, 5) is 22.6. The molecular formula is C13H19ClNNaO3. The molecule has 19 heavy (non-hydrogen) atoms. The molecule has 0 aromatic heterocycles. The number of hydrogen-bond acceptors (Lipinski definition) is 3. The average Bonchev–Trinajstić information content (AvgIpc) is 2.92. The second-order valence-electron chi connectivity index (χ2n) is 5.32. The van der Waals surface area contributed by atoms with Gasteiger partial charge in [-0.25, -0.2) is 0 Å². The molecule has 1 N–H and O–H groups in total. The number of aliphatic carboxylic acids is 1. The summed E-state index contributed by atoms with van der Waals surface area (Å²) in [5.41, 5.74) is -0.142. The molecule has 0 heterocycles. The van der Waals surface area contributed by atoms with Gasteiger partial charge in [-0.15, -0.1) is 11.6 Å². The Kier molecular flexibility index (Phi) is 8.29. The van der Waals surface area contributed by atoms with Gasteiger partial charge in [-0.2, -0.15) is 0 Å². The number of carboxylic acids is 1. The van der Waals surface area contributed by atoms with E-state index in [0.717, 1.165) is 19.3 Å². The number of unbranched alkanes of at least 4 members (excludes halogenated alkanes) is 2. The fourth-order valence-electron chi connectivity index (χ4n) is 1.81. The van der Waals surface area contributed by atoms with Gasteiger partial charge in [-0.3, -0.25) is 4.79 Å². The van der Waals surface area contributed by atoms with Gasteiger partial charge < -0.3 is 15.2 Å². The van der Waals surface area contributed by atoms with Crippen LogP contribution in [0.15, 0.2) is 11.8 Å². The first kappa shape index (κ1) is 19.0. The summed E-state index contributed by atoms with van der Waals surface area (Å²) in [5, 5.41) is 13.3. The van der Waals surface area contributed by atoms with Crippen LogP contribution < -0.4 is 40.0 Å². The van der Waals surface area contributed by atoms with Crippen LogP contribution in [0.25, 0.3) is 0 Å². The minimum Gasteiger partial charge on any atom is -0.543 e. The van der Waals surface area contributed by atoms with Gasteiger partial charge in [0.1, 0.15) is 0 Å². The molecule has 0 radical (unpaired) electrons. The zero-order chi connectivity index (χ0) is 13.8. The predicted molar refractivity (Wildman–Crippen MR) is 67.7 cm³/mol. The fraction of sp³-hybridized carbons (Fsp3) is 0.692. The number of carboxylic acid groups (broad SMARTS) is 1. The molecule has 1 atom stereocenters. The summed E-state index contributed by atoms with van der Waals surface area (Å²) in [6.45, 7) is 3.97. The number of carbonyl (C=O) groups excluding carboxylic acids is 2. The van der Waals surface area contributed by atoms with Gasteiger partial charge in [0.25, 0.3) is 0 Å². The first-order chi connectivity index (χ1) is 8.38. The quantitative estimate of drug-likeness (QED) is 0.261. The maximum Gasteiger partial charge on any atom is 1.00 e. The molecule has 0 unspecified atom stereocenters. The Bertz CT molecular complexity index is 369. The molecule has 1 fully saturated rings. The molecule has 0 spiro atoms. The topological polar surface area (TPSA) is 69.2 Å². The largest absolute Gasteiger partial charge is 1.00 e. The monoisotopic (exact) mass is 295 g/mol. The Morgan fingerprint density at radius 1 is 1.42 bits per heavy atom. The SMILES string of the molecule is CC1(C)C[C@@H]1C(=O)N/C(=C/CCCCCl)C(=O)[O-].[Na+]. The normalized spacial score (nSPS) is 20.4. The Morgan fingerprint density at radius 3 is 2.42 bits per heavy atom. The molecule has 1 amide bonds. The van der Waals surface area contributed by atoms with Gasteiger partial charge in [-0.1, -0.05) is 19.9 Å². The number of amides is 1. The van der Waals surface area contributed by atoms with E-state index in [9.17, 15) is 14.7 Å². The smallest absolute Gasteiger partial charge is 0.543 e. The third-order valence-corrected chi connectivity index (χ3v) is 3.51. The van der Waals surface area contributed by atoms with Crippen LogP contribution in [0.2, 0.25) is 0 Å². The van der Waals surface area contributed by atoms with Crippen LogP contribution in [0.3, 0.4) is 0 Å². The number of hydrogen-bond donors (Lipinski definition) is 1. The Morgan fingerprint density at radius 2 is 2.00 bits per heavy atom. The number of allylic oxidation sites excluding steroid dienone is 1. The Labute approximate surface area is 141 Å². The first-order valence-corrected chi connectivity index (χ1v) is 6.70. The minimum absolute atomic E-state index is 0. The van der Waals surface area contributed by atoms with Crippen LogP contribution in [0.4, 0.5) is 0 Å². The van der Waals surface area contributed by atoms with E-state index >= 15 is 0 Å². The summed E-state index contributed by atoms with van der Waals surface area (Å²) < 4.78 is 0. The van der Waals surface area contributed by atoms with E-state index in [0.29, 0.717) is 12.3 Å². The fourth-order valence-corrected chi connectivity index (χ4v) is 1.99. The van der Waals surface area contributed by atoms with Gasteiger partial charge in [0.15, 0.2) is 0 Å². The van der Waals surface area contributed by atoms with E-state index < -0.39 is 5.97 Å². The molecular weight excluding hydrogens is 277 g/mol. The molecule has 1 saturated carbocycles. The standard InChI is InChI=1S/C13H20ClNO3.Na/c1-13(2)8-9(13)11(16)15-10(12(17)18)6-4-3-5-7-14;/h6,9H,3-5,7-8H2,1-2H3,(H,15,16)(H,17,18);/q;+1/p-1/b10-6+;/t9-;/m1./s1. The maximum atomic E-state index is 11.8. The molecule has 0 aromatic rings. The number of alkyl halides is 1. The van der Waals surface area contributed by atoms with Crippen molar-refractivity contribution in [1.29, 1.82) is 0 Å². The average molecular weight is 296 g/mol. The third kappa shape index (κ3) is 6.30. The summed E-state index contributed by atoms with van der Waals surface area (Å²) in [7, 11) is 0. The zero-order valence-electron chi connectivity index (χ0n) is 11.8. The van der Waals surface area contributed by atoms with Crippen molar-refractivity contribution >= 4 is 23.5 Å². The maximum absolute atomic E-state index is 11.8. The van der Waals surface area contributed by atoms with Gasteiger partial charge in [-0.05, 0) is 31.1 Å². The molecule has 1 aliphatic carbocycles. The molecule has 1 aliphatic rings. The second kappa shape index (κ2) is 8.30. The van der Waals surface area contributed by atoms with Crippen LogP contribution in [-0.2, 0) is 9.59 Å². The van der Waals surface area contributed by atoms with Gasteiger partial charge in [0, 0.05) is 11.8 Å². The molecule has 0 bridgehead atoms. The van der Waals surface area contributed by atoms with E-state index in [1.807, 2.05) is 13.8 Å². The van der Waals surface area contributed by atoms with E-state index in [1.165, 1.54) is 6.08 Å². The van der Waals surface area contributed by atoms with Crippen molar-refractivity contribution in [2.24, 2.45) is 11.3 Å². The number of nitrogens with one attached hydrogen (secondary N) is 1. The summed E-state index contributed by atoms with van der Waals surface area (Å²) in [6.07, 6.45) is 4.48. The first-order valence-electron chi connectivity index (χ1n) is 6.17. The van der Waals surface area contributed by atoms with E-state index in [4.69, 9.17) is 11.6 Å². The van der Waals surface area contributed by atoms with Crippen molar-refractivity contribution in [3.8, 4) is 0 Å². The van der Waals surface area contributed by atoms with Gasteiger partial charge in [0.2, 0.25) is 5.91 Å². The van der Waals surface area contributed by atoms with Crippen molar-refractivity contribution in [3.63, 3.8) is 0 Å². The second-order valence-corrected chi connectivity index (χ2v) is 5.70. The van der Waals surface area contributed by atoms with Crippen LogP contribution in [0, 0.1) is 11.3 Å². The van der Waals surface area contributed by atoms with Gasteiger partial charge >= 0.3 is 29.6 Å². The van der Waals surface area contributed by atoms with Crippen LogP contribution in [-0.4, -0.2) is 17.8 Å². The van der Waals surface area contributed by atoms with E-state index in [-0.39, 0.29) is 52.5 Å². The summed E-state index contributed by atoms with van der Waals surface area (Å²) in [6, 6.07) is 0. The number of rotatable bonds is 7. The Balaban J connectivity index is 0.00000324. The molecule has 0 saturated heterocycles. The van der Waals surface area contributed by atoms with E-state index in [1.54, 1.807) is 0 Å². The minimum atomic E-state index is -1.34. The zero-order valence-corrected chi connectivity index (χ0v) is 14.5. The molecule has 102 valence electrons. The number of halogens is 1. The van der Waals surface area contributed by atoms with Crippen LogP contribution in [0.1, 0.15) is 39.5 Å². The summed E-state index contributed by atoms with van der Waals surface area (Å²) in [5.74, 6) is -1.11. The molecule has 0 aromatic carbocycles. The molecule has 1 rings (SSSR count). The van der Waals surface area contributed by atoms with Crippen molar-refractivity contribution in [2.45, 2.75) is 39.5 Å². The van der Waals surface area contributed by atoms with Crippen LogP contribution >= 0.6 is 11.6 Å². The van der Waals surface area contributed by atoms with Crippen molar-refractivity contribution in [2.75, 3.05) is 5.88 Å². The van der Waals surface area contributed by atoms with Crippen molar-refractivity contribution in [3.05, 3.63) is 11.8 Å². The van der Waals surface area contributed by atoms with Crippen LogP contribution in [0.5, 0.6) is 0 Å². The number of carbonyl (C=O) groups is 2. The van der Waals surface area contributed by atoms with E-state index in [2.05, 4.69) is 5.32 Å². The Hall–Kier alpha value is -0.0300. The molecule has 6 heteroatoms. The molecule has 4 nitrogen and oxygen atoms in total. The predicted octanol–water partition coefficient (Wildman–Crippen LogP) is -1.80. The third-order valence-electron chi connectivity index (χ3n) is 3.24. The van der Waals surface area contributed by atoms with Crippen molar-refractivity contribution < 1.29 is 44.3 Å².